The highest BCUT2D eigenvalue weighted by atomic mass is 35.5. The van der Waals surface area contributed by atoms with E-state index in [2.05, 4.69) is 4.72 Å². The van der Waals surface area contributed by atoms with Crippen molar-refractivity contribution in [3.8, 4) is 11.8 Å². The lowest BCUT2D eigenvalue weighted by molar-refractivity contribution is -0.0733. The molecule has 2 aliphatic rings. The van der Waals surface area contributed by atoms with Gasteiger partial charge in [0.15, 0.2) is 6.10 Å². The summed E-state index contributed by atoms with van der Waals surface area (Å²) in [6, 6.07) is 9.76. The van der Waals surface area contributed by atoms with E-state index in [0.29, 0.717) is 18.0 Å². The van der Waals surface area contributed by atoms with Gasteiger partial charge in [0.25, 0.3) is 5.92 Å². The fourth-order valence-corrected chi connectivity index (χ4v) is 4.72. The van der Waals surface area contributed by atoms with Crippen molar-refractivity contribution in [1.82, 2.24) is 0 Å². The monoisotopic (exact) mass is 464 g/mol. The Kier molecular flexibility index (Phi) is 6.00. The van der Waals surface area contributed by atoms with Crippen molar-refractivity contribution < 1.29 is 23.4 Å². The number of halogens is 3. The molecule has 2 saturated carbocycles. The summed E-state index contributed by atoms with van der Waals surface area (Å²) in [5.41, 5.74) is 1.69. The molecule has 0 amide bonds. The number of benzene rings is 2. The number of ether oxygens (including phenoxy) is 1. The molecular formula is C22H19ClF2N2O3S. The van der Waals surface area contributed by atoms with E-state index in [4.69, 9.17) is 16.3 Å². The number of anilines is 1. The van der Waals surface area contributed by atoms with Crippen molar-refractivity contribution in [2.45, 2.75) is 54.9 Å². The van der Waals surface area contributed by atoms with Crippen LogP contribution in [0.5, 0.6) is 5.75 Å². The first-order valence-corrected chi connectivity index (χ1v) is 11.1. The highest BCUT2D eigenvalue weighted by Gasteiger charge is 2.46. The van der Waals surface area contributed by atoms with Gasteiger partial charge in [-0.25, -0.2) is 13.6 Å². The van der Waals surface area contributed by atoms with Crippen LogP contribution in [-0.4, -0.2) is 23.1 Å². The number of carboxylic acids is 1. The summed E-state index contributed by atoms with van der Waals surface area (Å²) in [7, 11) is 0. The molecule has 0 heterocycles. The van der Waals surface area contributed by atoms with Crippen LogP contribution in [0.2, 0.25) is 5.02 Å². The maximum absolute atomic E-state index is 14.1. The molecule has 162 valence electrons. The lowest BCUT2D eigenvalue weighted by Crippen LogP contribution is -2.32. The maximum atomic E-state index is 14.1. The minimum atomic E-state index is -2.93. The summed E-state index contributed by atoms with van der Waals surface area (Å²) in [4.78, 5) is 12.1. The van der Waals surface area contributed by atoms with Crippen molar-refractivity contribution in [2.75, 3.05) is 4.72 Å². The number of hydrogen-bond acceptors (Lipinski definition) is 5. The number of carboxylic acid groups (broad SMARTS) is 1. The van der Waals surface area contributed by atoms with Crippen LogP contribution in [0.4, 0.5) is 14.5 Å². The van der Waals surface area contributed by atoms with Crippen LogP contribution in [0, 0.1) is 11.3 Å². The third kappa shape index (κ3) is 4.73. The third-order valence-electron chi connectivity index (χ3n) is 5.46. The van der Waals surface area contributed by atoms with Crippen LogP contribution in [-0.2, 0) is 0 Å². The minimum absolute atomic E-state index is 0.112. The second-order valence-corrected chi connectivity index (χ2v) is 8.99. The number of hydrogen-bond donors (Lipinski definition) is 2. The van der Waals surface area contributed by atoms with Crippen LogP contribution in [0.1, 0.15) is 59.5 Å². The third-order valence-corrected chi connectivity index (χ3v) is 6.66. The molecule has 0 radical (unpaired) electrons. The molecule has 0 spiro atoms. The average molecular weight is 465 g/mol. The van der Waals surface area contributed by atoms with Crippen LogP contribution >= 0.6 is 23.5 Å². The fourth-order valence-electron chi connectivity index (χ4n) is 3.61. The van der Waals surface area contributed by atoms with E-state index in [1.807, 2.05) is 12.1 Å². The zero-order valence-electron chi connectivity index (χ0n) is 16.3. The summed E-state index contributed by atoms with van der Waals surface area (Å²) < 4.78 is 36.9. The van der Waals surface area contributed by atoms with Gasteiger partial charge >= 0.3 is 5.97 Å². The van der Waals surface area contributed by atoms with Crippen molar-refractivity contribution in [3.63, 3.8) is 0 Å². The number of nitrogens with zero attached hydrogens (tertiary/aromatic N) is 1. The Bertz CT molecular complexity index is 1070. The van der Waals surface area contributed by atoms with E-state index in [9.17, 15) is 23.9 Å². The molecule has 2 N–H and O–H groups in total. The molecule has 2 aromatic rings. The minimum Gasteiger partial charge on any atom is -0.482 e. The molecule has 4 rings (SSSR count). The lowest BCUT2D eigenvalue weighted by atomic mass is 10.1. The number of nitrogens with one attached hydrogen (secondary N) is 1. The Morgan fingerprint density at radius 3 is 2.68 bits per heavy atom. The van der Waals surface area contributed by atoms with Gasteiger partial charge in [-0.3, -0.25) is 0 Å². The van der Waals surface area contributed by atoms with Gasteiger partial charge in [-0.2, -0.15) is 5.26 Å². The highest BCUT2D eigenvalue weighted by Crippen LogP contribution is 2.46. The molecule has 2 fully saturated rings. The number of alkyl halides is 2. The molecule has 5 nitrogen and oxygen atoms in total. The molecule has 0 bridgehead atoms. The Morgan fingerprint density at radius 2 is 2.06 bits per heavy atom. The van der Waals surface area contributed by atoms with Crippen LogP contribution in [0.15, 0.2) is 35.2 Å². The zero-order chi connectivity index (χ0) is 22.2. The standard InChI is InChI=1S/C22H19ClF2N2O3S/c23-16-10-18(30-20-2-1-7-22(20,24)25)17(8-14(16)11-26)27-31-19-9-13(21(28)29)5-6-15(19)12-3-4-12/h5-6,8-10,12,20,27H,1-4,7H2,(H,28,29). The van der Waals surface area contributed by atoms with Crippen LogP contribution < -0.4 is 9.46 Å². The van der Waals surface area contributed by atoms with E-state index in [0.717, 1.165) is 35.2 Å². The van der Waals surface area contributed by atoms with Gasteiger partial charge < -0.3 is 14.6 Å². The molecule has 1 atom stereocenters. The van der Waals surface area contributed by atoms with Gasteiger partial charge in [0.05, 0.1) is 21.8 Å². The summed E-state index contributed by atoms with van der Waals surface area (Å²) in [6.45, 7) is 0. The first-order valence-electron chi connectivity index (χ1n) is 9.86. The lowest BCUT2D eigenvalue weighted by Gasteiger charge is -2.23. The summed E-state index contributed by atoms with van der Waals surface area (Å²) in [5.74, 6) is -3.46. The summed E-state index contributed by atoms with van der Waals surface area (Å²) in [6.07, 6.45) is 1.16. The molecule has 2 aromatic carbocycles. The first-order chi connectivity index (χ1) is 14.8. The van der Waals surface area contributed by atoms with E-state index in [-0.39, 0.29) is 34.7 Å². The molecule has 0 aliphatic heterocycles. The van der Waals surface area contributed by atoms with Crippen molar-refractivity contribution >= 4 is 35.2 Å². The van der Waals surface area contributed by atoms with E-state index in [1.54, 1.807) is 12.1 Å². The van der Waals surface area contributed by atoms with Gasteiger partial charge in [-0.1, -0.05) is 17.7 Å². The molecule has 2 aliphatic carbocycles. The smallest absolute Gasteiger partial charge is 0.335 e. The largest absolute Gasteiger partial charge is 0.482 e. The Hall–Kier alpha value is -2.50. The molecule has 0 saturated heterocycles. The maximum Gasteiger partial charge on any atom is 0.335 e. The fraction of sp³-hybridized carbons (Fsp3) is 0.364. The number of aromatic carboxylic acids is 1. The van der Waals surface area contributed by atoms with Crippen LogP contribution in [0.3, 0.4) is 0 Å². The van der Waals surface area contributed by atoms with Gasteiger partial charge in [0.2, 0.25) is 0 Å². The molecular weight excluding hydrogens is 446 g/mol. The number of rotatable bonds is 7. The van der Waals surface area contributed by atoms with Gasteiger partial charge in [0, 0.05) is 17.4 Å². The van der Waals surface area contributed by atoms with E-state index in [1.165, 1.54) is 12.1 Å². The van der Waals surface area contributed by atoms with Crippen molar-refractivity contribution in [2.24, 2.45) is 0 Å². The van der Waals surface area contributed by atoms with Gasteiger partial charge in [-0.15, -0.1) is 0 Å². The highest BCUT2D eigenvalue weighted by molar-refractivity contribution is 8.00. The quantitative estimate of drug-likeness (QED) is 0.457. The van der Waals surface area contributed by atoms with Gasteiger partial charge in [0.1, 0.15) is 11.8 Å². The molecule has 9 heteroatoms. The predicted molar refractivity (Wildman–Crippen MR) is 114 cm³/mol. The predicted octanol–water partition coefficient (Wildman–Crippen LogP) is 6.47. The van der Waals surface area contributed by atoms with E-state index >= 15 is 0 Å². The number of nitriles is 1. The summed E-state index contributed by atoms with van der Waals surface area (Å²) in [5, 5.41) is 18.7. The number of carbonyl (C=O) groups is 1. The normalized spacial score (nSPS) is 19.6. The van der Waals surface area contributed by atoms with Gasteiger partial charge in [-0.05, 0) is 67.3 Å². The zero-order valence-corrected chi connectivity index (χ0v) is 17.9. The van der Waals surface area contributed by atoms with Crippen LogP contribution in [0.25, 0.3) is 0 Å². The average Bonchev–Trinajstić information content (AvgIpc) is 3.52. The van der Waals surface area contributed by atoms with Crippen molar-refractivity contribution in [3.05, 3.63) is 52.0 Å². The first kappa shape index (κ1) is 21.7. The van der Waals surface area contributed by atoms with E-state index < -0.39 is 18.0 Å². The second kappa shape index (κ2) is 8.56. The Labute approximate surface area is 187 Å². The topological polar surface area (TPSA) is 82.4 Å². The molecule has 0 aromatic heterocycles. The molecule has 31 heavy (non-hydrogen) atoms. The Morgan fingerprint density at radius 1 is 1.29 bits per heavy atom. The SMILES string of the molecule is N#Cc1cc(NSc2cc(C(=O)O)ccc2C2CC2)c(OC2CCCC2(F)F)cc1Cl. The second-order valence-electron chi connectivity index (χ2n) is 7.74. The van der Waals surface area contributed by atoms with Crippen molar-refractivity contribution in [1.29, 1.82) is 5.26 Å². The summed E-state index contributed by atoms with van der Waals surface area (Å²) >= 11 is 7.28. The Balaban J connectivity index is 1.63. The molecule has 1 unspecified atom stereocenters.